The van der Waals surface area contributed by atoms with Gasteiger partial charge in [-0.25, -0.2) is 4.98 Å². The topological polar surface area (TPSA) is 27.1 Å². The molecular weight excluding hydrogens is 440 g/mol. The maximum absolute atomic E-state index is 6.44. The molecule has 3 heteroatoms. The Balaban J connectivity index is 1.46. The Morgan fingerprint density at radius 2 is 1.14 bits per heavy atom. The lowest BCUT2D eigenvalue weighted by Gasteiger charge is -2.21. The zero-order valence-electron chi connectivity index (χ0n) is 20.0. The molecule has 5 aromatic carbocycles. The number of aromatic nitrogens is 2. The monoisotopic (exact) mass is 464 g/mol. The van der Waals surface area contributed by atoms with Crippen LogP contribution in [-0.4, -0.2) is 9.55 Å². The minimum Gasteiger partial charge on any atom is -0.453 e. The van der Waals surface area contributed by atoms with Crippen molar-refractivity contribution in [3.63, 3.8) is 0 Å². The van der Waals surface area contributed by atoms with Crippen LogP contribution in [0, 0.1) is 0 Å². The molecule has 0 unspecified atom stereocenters. The van der Waals surface area contributed by atoms with Crippen LogP contribution in [0.15, 0.2) is 115 Å². The fourth-order valence-electron chi connectivity index (χ4n) is 5.20. The molecule has 0 saturated carbocycles. The van der Waals surface area contributed by atoms with Crippen molar-refractivity contribution < 1.29 is 4.74 Å². The summed E-state index contributed by atoms with van der Waals surface area (Å²) in [5, 5.41) is 0. The Morgan fingerprint density at radius 1 is 0.583 bits per heavy atom. The molecule has 1 aliphatic rings. The molecule has 3 nitrogen and oxygen atoms in total. The minimum atomic E-state index is 0.847. The number of nitrogens with zero attached hydrogens (tertiary/aromatic N) is 2. The van der Waals surface area contributed by atoms with Crippen LogP contribution >= 0.6 is 0 Å². The molecule has 0 radical (unpaired) electrons. The standard InChI is InChI=1S/C33H24N2O/c1-2-32-34-28-20-27(21-31-33(28)35(32)29-15-9-10-16-30(29)36-31)26-18-24(22-11-5-3-6-12-22)17-25(19-26)23-13-7-4-8-14-23/h3-21H,2H2,1H3. The van der Waals surface area contributed by atoms with Gasteiger partial charge in [-0.2, -0.15) is 0 Å². The first kappa shape index (κ1) is 20.7. The zero-order chi connectivity index (χ0) is 24.1. The molecule has 7 rings (SSSR count). The van der Waals surface area contributed by atoms with Crippen LogP contribution in [0.4, 0.5) is 0 Å². The highest BCUT2D eigenvalue weighted by molar-refractivity contribution is 5.93. The van der Waals surface area contributed by atoms with Crippen molar-refractivity contribution in [1.29, 1.82) is 0 Å². The predicted octanol–water partition coefficient (Wildman–Crippen LogP) is 8.69. The zero-order valence-corrected chi connectivity index (χ0v) is 20.0. The van der Waals surface area contributed by atoms with Crippen LogP contribution in [0.5, 0.6) is 11.5 Å². The van der Waals surface area contributed by atoms with E-state index in [4.69, 9.17) is 9.72 Å². The Kier molecular flexibility index (Phi) is 4.74. The van der Waals surface area contributed by atoms with Crippen LogP contribution in [-0.2, 0) is 6.42 Å². The largest absolute Gasteiger partial charge is 0.453 e. The van der Waals surface area contributed by atoms with E-state index >= 15 is 0 Å². The fraction of sp³-hybridized carbons (Fsp3) is 0.0606. The Hall–Kier alpha value is -4.63. The van der Waals surface area contributed by atoms with Crippen LogP contribution in [0.2, 0.25) is 0 Å². The third-order valence-electron chi connectivity index (χ3n) is 6.91. The van der Waals surface area contributed by atoms with Crippen molar-refractivity contribution >= 4 is 11.0 Å². The predicted molar refractivity (Wildman–Crippen MR) is 147 cm³/mol. The first-order chi connectivity index (χ1) is 17.8. The van der Waals surface area contributed by atoms with E-state index in [1.807, 2.05) is 18.2 Å². The first-order valence-electron chi connectivity index (χ1n) is 12.4. The quantitative estimate of drug-likeness (QED) is 0.260. The molecule has 2 heterocycles. The summed E-state index contributed by atoms with van der Waals surface area (Å²) < 4.78 is 8.69. The molecular formula is C33H24N2O. The van der Waals surface area contributed by atoms with Gasteiger partial charge in [-0.05, 0) is 75.8 Å². The molecule has 0 bridgehead atoms. The van der Waals surface area contributed by atoms with Gasteiger partial charge in [0, 0.05) is 6.42 Å². The van der Waals surface area contributed by atoms with E-state index in [-0.39, 0.29) is 0 Å². The number of rotatable bonds is 4. The average molecular weight is 465 g/mol. The Bertz CT molecular complexity index is 1680. The number of aryl methyl sites for hydroxylation is 1. The number of hydrogen-bond acceptors (Lipinski definition) is 2. The molecule has 0 saturated heterocycles. The van der Waals surface area contributed by atoms with Gasteiger partial charge in [0.2, 0.25) is 0 Å². The van der Waals surface area contributed by atoms with Crippen LogP contribution in [0.3, 0.4) is 0 Å². The number of hydrogen-bond donors (Lipinski definition) is 0. The van der Waals surface area contributed by atoms with Gasteiger partial charge >= 0.3 is 0 Å². The number of para-hydroxylation sites is 2. The molecule has 1 aliphatic heterocycles. The molecule has 172 valence electrons. The van der Waals surface area contributed by atoms with E-state index in [1.165, 1.54) is 22.3 Å². The van der Waals surface area contributed by atoms with Gasteiger partial charge in [-0.3, -0.25) is 4.57 Å². The Morgan fingerprint density at radius 3 is 1.78 bits per heavy atom. The molecule has 6 aromatic rings. The van der Waals surface area contributed by atoms with E-state index in [0.717, 1.165) is 51.6 Å². The van der Waals surface area contributed by atoms with Crippen LogP contribution in [0.25, 0.3) is 50.1 Å². The van der Waals surface area contributed by atoms with E-state index in [0.29, 0.717) is 0 Å². The van der Waals surface area contributed by atoms with Crippen molar-refractivity contribution in [1.82, 2.24) is 9.55 Å². The second kappa shape index (κ2) is 8.24. The lowest BCUT2D eigenvalue weighted by Crippen LogP contribution is -2.07. The summed E-state index contributed by atoms with van der Waals surface area (Å²) in [6, 6.07) is 40.5. The summed E-state index contributed by atoms with van der Waals surface area (Å²) in [5.74, 6) is 2.75. The van der Waals surface area contributed by atoms with Crippen molar-refractivity contribution in [2.45, 2.75) is 13.3 Å². The van der Waals surface area contributed by atoms with Gasteiger partial charge in [0.1, 0.15) is 11.3 Å². The molecule has 1 aromatic heterocycles. The first-order valence-corrected chi connectivity index (χ1v) is 12.4. The van der Waals surface area contributed by atoms with Crippen molar-refractivity contribution in [3.05, 3.63) is 121 Å². The summed E-state index contributed by atoms with van der Waals surface area (Å²) in [7, 11) is 0. The molecule has 0 atom stereocenters. The number of fused-ring (bicyclic) bond motifs is 2. The van der Waals surface area contributed by atoms with Gasteiger partial charge in [-0.15, -0.1) is 0 Å². The number of benzene rings is 5. The van der Waals surface area contributed by atoms with Crippen LogP contribution in [0.1, 0.15) is 12.7 Å². The fourth-order valence-corrected chi connectivity index (χ4v) is 5.20. The maximum atomic E-state index is 6.44. The second-order valence-electron chi connectivity index (χ2n) is 9.16. The molecule has 0 fully saturated rings. The number of imidazole rings is 1. The lowest BCUT2D eigenvalue weighted by molar-refractivity contribution is 0.474. The third kappa shape index (κ3) is 3.32. The highest BCUT2D eigenvalue weighted by Gasteiger charge is 2.24. The van der Waals surface area contributed by atoms with Crippen molar-refractivity contribution in [2.75, 3.05) is 0 Å². The third-order valence-corrected chi connectivity index (χ3v) is 6.91. The summed E-state index contributed by atoms with van der Waals surface area (Å²) in [6.07, 6.45) is 0.847. The Labute approximate surface area is 210 Å². The van der Waals surface area contributed by atoms with Crippen molar-refractivity contribution in [3.8, 4) is 50.6 Å². The average Bonchev–Trinajstić information content (AvgIpc) is 3.33. The minimum absolute atomic E-state index is 0.847. The van der Waals surface area contributed by atoms with Gasteiger partial charge in [0.25, 0.3) is 0 Å². The highest BCUT2D eigenvalue weighted by Crippen LogP contribution is 2.44. The maximum Gasteiger partial charge on any atom is 0.154 e. The van der Waals surface area contributed by atoms with Crippen LogP contribution < -0.4 is 4.74 Å². The smallest absolute Gasteiger partial charge is 0.154 e. The molecule has 0 N–H and O–H groups in total. The summed E-state index contributed by atoms with van der Waals surface area (Å²) in [4.78, 5) is 5.03. The van der Waals surface area contributed by atoms with E-state index in [1.54, 1.807) is 0 Å². The van der Waals surface area contributed by atoms with Gasteiger partial charge < -0.3 is 4.74 Å². The van der Waals surface area contributed by atoms with Gasteiger partial charge in [0.05, 0.1) is 11.2 Å². The summed E-state index contributed by atoms with van der Waals surface area (Å²) in [5.41, 5.74) is 10.1. The van der Waals surface area contributed by atoms with E-state index < -0.39 is 0 Å². The number of ether oxygens (including phenoxy) is 1. The second-order valence-corrected chi connectivity index (χ2v) is 9.16. The summed E-state index contributed by atoms with van der Waals surface area (Å²) >= 11 is 0. The SMILES string of the molecule is CCc1nc2cc(-c3cc(-c4ccccc4)cc(-c4ccccc4)c3)cc3c2n1-c1ccccc1O3. The highest BCUT2D eigenvalue weighted by atomic mass is 16.5. The van der Waals surface area contributed by atoms with Gasteiger partial charge in [-0.1, -0.05) is 79.7 Å². The molecule has 36 heavy (non-hydrogen) atoms. The van der Waals surface area contributed by atoms with E-state index in [2.05, 4.69) is 109 Å². The van der Waals surface area contributed by atoms with Crippen molar-refractivity contribution in [2.24, 2.45) is 0 Å². The molecule has 0 aliphatic carbocycles. The van der Waals surface area contributed by atoms with Gasteiger partial charge in [0.15, 0.2) is 11.5 Å². The summed E-state index contributed by atoms with van der Waals surface area (Å²) in [6.45, 7) is 2.15. The molecule has 0 spiro atoms. The lowest BCUT2D eigenvalue weighted by atomic mass is 9.93. The molecule has 0 amide bonds. The normalized spacial score (nSPS) is 11.8. The van der Waals surface area contributed by atoms with E-state index in [9.17, 15) is 0 Å².